The maximum absolute atomic E-state index is 4.57. The minimum Gasteiger partial charge on any atom is -0.258 e. The minimum atomic E-state index is 0.571. The molecule has 0 saturated carbocycles. The molecule has 1 aromatic heterocycles. The van der Waals surface area contributed by atoms with Crippen LogP contribution in [0, 0.1) is 6.92 Å². The summed E-state index contributed by atoms with van der Waals surface area (Å²) >= 11 is 1.65. The predicted molar refractivity (Wildman–Crippen MR) is 96.6 cm³/mol. The van der Waals surface area contributed by atoms with Crippen LogP contribution in [0.3, 0.4) is 0 Å². The Bertz CT molecular complexity index is 758. The van der Waals surface area contributed by atoms with Gasteiger partial charge in [0.1, 0.15) is 0 Å². The van der Waals surface area contributed by atoms with Gasteiger partial charge in [0.05, 0.1) is 0 Å². The van der Waals surface area contributed by atoms with E-state index in [4.69, 9.17) is 0 Å². The van der Waals surface area contributed by atoms with Crippen molar-refractivity contribution >= 4 is 11.8 Å². The number of H-pyrrole nitrogens is 1. The molecule has 3 rings (SSSR count). The van der Waals surface area contributed by atoms with Gasteiger partial charge in [-0.2, -0.15) is 0 Å². The van der Waals surface area contributed by atoms with Gasteiger partial charge in [-0.3, -0.25) is 5.10 Å². The lowest BCUT2D eigenvalue weighted by Gasteiger charge is -2.05. The highest BCUT2D eigenvalue weighted by molar-refractivity contribution is 7.98. The molecule has 0 amide bonds. The van der Waals surface area contributed by atoms with Crippen LogP contribution in [0.15, 0.2) is 53.7 Å². The summed E-state index contributed by atoms with van der Waals surface area (Å²) in [4.78, 5) is 4.57. The number of rotatable bonds is 5. The number of nitrogens with zero attached hydrogens (tertiary/aromatic N) is 2. The summed E-state index contributed by atoms with van der Waals surface area (Å²) in [5, 5.41) is 8.11. The van der Waals surface area contributed by atoms with Gasteiger partial charge in [-0.15, -0.1) is 5.10 Å². The van der Waals surface area contributed by atoms with Gasteiger partial charge < -0.3 is 0 Å². The largest absolute Gasteiger partial charge is 0.258 e. The monoisotopic (exact) mass is 323 g/mol. The summed E-state index contributed by atoms with van der Waals surface area (Å²) in [5.74, 6) is 2.27. The molecule has 3 aromatic rings. The van der Waals surface area contributed by atoms with Crippen molar-refractivity contribution in [2.24, 2.45) is 0 Å². The Hall–Kier alpha value is -2.07. The fourth-order valence-electron chi connectivity index (χ4n) is 2.30. The quantitative estimate of drug-likeness (QED) is 0.656. The molecule has 2 aromatic carbocycles. The van der Waals surface area contributed by atoms with Crippen molar-refractivity contribution in [3.8, 4) is 11.4 Å². The highest BCUT2D eigenvalue weighted by Gasteiger charge is 2.07. The molecular formula is C19H21N3S. The molecule has 0 unspecified atom stereocenters. The normalized spacial score (nSPS) is 11.1. The lowest BCUT2D eigenvalue weighted by atomic mass is 10.0. The molecule has 1 N–H and O–H groups in total. The smallest absolute Gasteiger partial charge is 0.209 e. The van der Waals surface area contributed by atoms with E-state index in [1.54, 1.807) is 11.8 Å². The van der Waals surface area contributed by atoms with Gasteiger partial charge in [-0.25, -0.2) is 4.98 Å². The SMILES string of the molecule is Cc1ccc(-c2nc(SCc3ccc(C(C)C)cc3)n[nH]2)cc1. The highest BCUT2D eigenvalue weighted by Crippen LogP contribution is 2.23. The summed E-state index contributed by atoms with van der Waals surface area (Å²) in [6.45, 7) is 6.50. The van der Waals surface area contributed by atoms with E-state index >= 15 is 0 Å². The summed E-state index contributed by atoms with van der Waals surface area (Å²) in [7, 11) is 0. The zero-order valence-electron chi connectivity index (χ0n) is 13.7. The average Bonchev–Trinajstić information content (AvgIpc) is 3.03. The van der Waals surface area contributed by atoms with E-state index < -0.39 is 0 Å². The minimum absolute atomic E-state index is 0.571. The Morgan fingerprint density at radius 2 is 1.70 bits per heavy atom. The molecule has 0 radical (unpaired) electrons. The van der Waals surface area contributed by atoms with Crippen LogP contribution in [0.2, 0.25) is 0 Å². The van der Waals surface area contributed by atoms with Gasteiger partial charge in [0.25, 0.3) is 0 Å². The molecule has 4 heteroatoms. The van der Waals surface area contributed by atoms with Crippen LogP contribution in [0.25, 0.3) is 11.4 Å². The van der Waals surface area contributed by atoms with Crippen LogP contribution < -0.4 is 0 Å². The molecule has 1 heterocycles. The number of thioether (sulfide) groups is 1. The lowest BCUT2D eigenvalue weighted by molar-refractivity contribution is 0.866. The Morgan fingerprint density at radius 1 is 1.00 bits per heavy atom. The zero-order valence-corrected chi connectivity index (χ0v) is 14.5. The van der Waals surface area contributed by atoms with Crippen molar-refractivity contribution in [2.45, 2.75) is 37.6 Å². The zero-order chi connectivity index (χ0) is 16.2. The second kappa shape index (κ2) is 7.01. The van der Waals surface area contributed by atoms with Gasteiger partial charge in [0, 0.05) is 11.3 Å². The van der Waals surface area contributed by atoms with Crippen LogP contribution in [-0.4, -0.2) is 15.2 Å². The van der Waals surface area contributed by atoms with Crippen molar-refractivity contribution in [1.29, 1.82) is 0 Å². The van der Waals surface area contributed by atoms with Crippen molar-refractivity contribution in [3.63, 3.8) is 0 Å². The van der Waals surface area contributed by atoms with E-state index in [0.717, 1.165) is 22.3 Å². The van der Waals surface area contributed by atoms with Gasteiger partial charge in [0.2, 0.25) is 5.16 Å². The molecule has 0 aliphatic heterocycles. The van der Waals surface area contributed by atoms with E-state index in [1.807, 2.05) is 0 Å². The fourth-order valence-corrected chi connectivity index (χ4v) is 3.05. The molecule has 23 heavy (non-hydrogen) atoms. The van der Waals surface area contributed by atoms with Gasteiger partial charge in [0.15, 0.2) is 5.82 Å². The number of aryl methyl sites for hydroxylation is 1. The van der Waals surface area contributed by atoms with Crippen molar-refractivity contribution in [2.75, 3.05) is 0 Å². The Kier molecular flexibility index (Phi) is 4.82. The van der Waals surface area contributed by atoms with Gasteiger partial charge in [-0.05, 0) is 24.0 Å². The maximum atomic E-state index is 4.57. The summed E-state index contributed by atoms with van der Waals surface area (Å²) < 4.78 is 0. The number of nitrogens with one attached hydrogen (secondary N) is 1. The average molecular weight is 323 g/mol. The van der Waals surface area contributed by atoms with E-state index in [-0.39, 0.29) is 0 Å². The molecule has 0 bridgehead atoms. The van der Waals surface area contributed by atoms with E-state index in [1.165, 1.54) is 16.7 Å². The molecule has 0 saturated heterocycles. The van der Waals surface area contributed by atoms with Crippen LogP contribution >= 0.6 is 11.8 Å². The van der Waals surface area contributed by atoms with Crippen LogP contribution in [-0.2, 0) is 5.75 Å². The van der Waals surface area contributed by atoms with Crippen LogP contribution in [0.5, 0.6) is 0 Å². The Labute approximate surface area is 141 Å². The Balaban J connectivity index is 1.64. The summed E-state index contributed by atoms with van der Waals surface area (Å²) in [5.41, 5.74) is 4.98. The maximum Gasteiger partial charge on any atom is 0.209 e. The number of hydrogen-bond acceptors (Lipinski definition) is 3. The first-order valence-electron chi connectivity index (χ1n) is 7.83. The third-order valence-corrected chi connectivity index (χ3v) is 4.72. The Morgan fingerprint density at radius 3 is 2.35 bits per heavy atom. The number of aromatic amines is 1. The van der Waals surface area contributed by atoms with E-state index in [9.17, 15) is 0 Å². The van der Waals surface area contributed by atoms with Crippen molar-refractivity contribution < 1.29 is 0 Å². The fraction of sp³-hybridized carbons (Fsp3) is 0.263. The lowest BCUT2D eigenvalue weighted by Crippen LogP contribution is -1.88. The number of aromatic nitrogens is 3. The van der Waals surface area contributed by atoms with Crippen LogP contribution in [0.4, 0.5) is 0 Å². The first-order chi connectivity index (χ1) is 11.1. The molecule has 0 aliphatic rings. The molecule has 0 spiro atoms. The number of hydrogen-bond donors (Lipinski definition) is 1. The topological polar surface area (TPSA) is 41.6 Å². The van der Waals surface area contributed by atoms with E-state index in [2.05, 4.69) is 84.5 Å². The molecule has 0 fully saturated rings. The standard InChI is InChI=1S/C19H21N3S/c1-13(2)16-10-6-15(7-11-16)12-23-19-20-18(21-22-19)17-8-4-14(3)5-9-17/h4-11,13H,12H2,1-3H3,(H,20,21,22). The number of benzene rings is 2. The molecule has 118 valence electrons. The predicted octanol–water partition coefficient (Wildman–Crippen LogP) is 5.20. The summed E-state index contributed by atoms with van der Waals surface area (Å²) in [6.07, 6.45) is 0. The molecular weight excluding hydrogens is 302 g/mol. The molecule has 0 aliphatic carbocycles. The third kappa shape index (κ3) is 4.02. The molecule has 0 atom stereocenters. The molecule has 3 nitrogen and oxygen atoms in total. The van der Waals surface area contributed by atoms with Crippen molar-refractivity contribution in [1.82, 2.24) is 15.2 Å². The highest BCUT2D eigenvalue weighted by atomic mass is 32.2. The summed E-state index contributed by atoms with van der Waals surface area (Å²) in [6, 6.07) is 17.1. The first kappa shape index (κ1) is 15.8. The van der Waals surface area contributed by atoms with E-state index in [0.29, 0.717) is 5.92 Å². The van der Waals surface area contributed by atoms with Crippen molar-refractivity contribution in [3.05, 3.63) is 65.2 Å². The first-order valence-corrected chi connectivity index (χ1v) is 8.81. The van der Waals surface area contributed by atoms with Crippen LogP contribution in [0.1, 0.15) is 36.5 Å². The van der Waals surface area contributed by atoms with Gasteiger partial charge in [-0.1, -0.05) is 79.7 Å². The van der Waals surface area contributed by atoms with Gasteiger partial charge >= 0.3 is 0 Å². The second-order valence-corrected chi connectivity index (χ2v) is 6.96. The third-order valence-electron chi connectivity index (χ3n) is 3.80. The second-order valence-electron chi connectivity index (χ2n) is 6.02.